The number of nitrogens with one attached hydrogen (secondary N) is 1. The molecule has 2 heterocycles. The summed E-state index contributed by atoms with van der Waals surface area (Å²) in [7, 11) is -2.49. The van der Waals surface area contributed by atoms with Crippen LogP contribution in [-0.2, 0) is 16.6 Å². The summed E-state index contributed by atoms with van der Waals surface area (Å²) < 4.78 is 33.1. The highest BCUT2D eigenvalue weighted by molar-refractivity contribution is 7.92. The molecule has 0 bridgehead atoms. The molecule has 0 saturated carbocycles. The van der Waals surface area contributed by atoms with E-state index in [0.717, 1.165) is 4.90 Å². The predicted octanol–water partition coefficient (Wildman–Crippen LogP) is 2.69. The number of fused-ring (bicyclic) bond motifs is 1. The SMILES string of the molecule is COc1ccc(S(=O)(=O)Nc2cccc3c2C(=O)N(Cc2cccnc2)C3=O)cc1. The molecule has 1 N–H and O–H groups in total. The summed E-state index contributed by atoms with van der Waals surface area (Å²) in [5, 5.41) is 0. The number of aromatic nitrogens is 1. The first kappa shape index (κ1) is 19.6. The van der Waals surface area contributed by atoms with Gasteiger partial charge in [-0.2, -0.15) is 0 Å². The number of ether oxygens (including phenoxy) is 1. The van der Waals surface area contributed by atoms with E-state index in [1.807, 2.05) is 0 Å². The zero-order valence-corrected chi connectivity index (χ0v) is 16.7. The van der Waals surface area contributed by atoms with Crippen molar-refractivity contribution in [3.8, 4) is 5.75 Å². The van der Waals surface area contributed by atoms with E-state index in [4.69, 9.17) is 4.74 Å². The normalized spacial score (nSPS) is 13.3. The maximum Gasteiger partial charge on any atom is 0.264 e. The van der Waals surface area contributed by atoms with Gasteiger partial charge < -0.3 is 4.74 Å². The van der Waals surface area contributed by atoms with Gasteiger partial charge in [0, 0.05) is 12.4 Å². The monoisotopic (exact) mass is 423 g/mol. The number of anilines is 1. The lowest BCUT2D eigenvalue weighted by molar-refractivity contribution is 0.0642. The number of amides is 2. The van der Waals surface area contributed by atoms with Crippen molar-refractivity contribution in [1.82, 2.24) is 9.88 Å². The quantitative estimate of drug-likeness (QED) is 0.611. The maximum atomic E-state index is 13.0. The highest BCUT2D eigenvalue weighted by Gasteiger charge is 2.38. The van der Waals surface area contributed by atoms with Crippen LogP contribution in [0.25, 0.3) is 0 Å². The number of imide groups is 1. The molecule has 2 amide bonds. The Hall–Kier alpha value is -3.72. The van der Waals surface area contributed by atoms with E-state index in [0.29, 0.717) is 11.3 Å². The Balaban J connectivity index is 1.65. The minimum Gasteiger partial charge on any atom is -0.497 e. The molecule has 3 aromatic rings. The first-order valence-corrected chi connectivity index (χ1v) is 10.4. The van der Waals surface area contributed by atoms with Crippen molar-refractivity contribution in [1.29, 1.82) is 0 Å². The summed E-state index contributed by atoms with van der Waals surface area (Å²) in [6.07, 6.45) is 3.16. The summed E-state index contributed by atoms with van der Waals surface area (Å²) in [4.78, 5) is 30.8. The molecule has 0 radical (unpaired) electrons. The smallest absolute Gasteiger partial charge is 0.264 e. The molecule has 30 heavy (non-hydrogen) atoms. The number of hydrogen-bond donors (Lipinski definition) is 1. The third kappa shape index (κ3) is 3.50. The van der Waals surface area contributed by atoms with Crippen LogP contribution in [0.2, 0.25) is 0 Å². The number of rotatable bonds is 6. The molecule has 0 saturated heterocycles. The van der Waals surface area contributed by atoms with Gasteiger partial charge in [-0.25, -0.2) is 8.42 Å². The minimum atomic E-state index is -3.97. The lowest BCUT2D eigenvalue weighted by atomic mass is 10.1. The highest BCUT2D eigenvalue weighted by Crippen LogP contribution is 2.32. The van der Waals surface area contributed by atoms with E-state index in [1.54, 1.807) is 24.5 Å². The lowest BCUT2D eigenvalue weighted by Crippen LogP contribution is -2.29. The third-order valence-electron chi connectivity index (χ3n) is 4.68. The number of nitrogens with zero attached hydrogens (tertiary/aromatic N) is 2. The van der Waals surface area contributed by atoms with Crippen molar-refractivity contribution >= 4 is 27.5 Å². The molecule has 2 aromatic carbocycles. The predicted molar refractivity (Wildman–Crippen MR) is 109 cm³/mol. The number of pyridine rings is 1. The zero-order chi connectivity index (χ0) is 21.3. The molecule has 152 valence electrons. The number of sulfonamides is 1. The van der Waals surface area contributed by atoms with Gasteiger partial charge in [-0.05, 0) is 48.0 Å². The number of hydrogen-bond acceptors (Lipinski definition) is 6. The summed E-state index contributed by atoms with van der Waals surface area (Å²) in [5.74, 6) is -0.530. The van der Waals surface area contributed by atoms with Gasteiger partial charge in [-0.1, -0.05) is 12.1 Å². The Morgan fingerprint density at radius 2 is 1.77 bits per heavy atom. The van der Waals surface area contributed by atoms with E-state index >= 15 is 0 Å². The second-order valence-corrected chi connectivity index (χ2v) is 8.25. The van der Waals surface area contributed by atoms with Gasteiger partial charge in [0.25, 0.3) is 21.8 Å². The maximum absolute atomic E-state index is 13.0. The van der Waals surface area contributed by atoms with Gasteiger partial charge in [0.2, 0.25) is 0 Å². The van der Waals surface area contributed by atoms with Crippen molar-refractivity contribution in [3.05, 3.63) is 83.7 Å². The minimum absolute atomic E-state index is 0.00453. The van der Waals surface area contributed by atoms with Crippen LogP contribution in [0.4, 0.5) is 5.69 Å². The molecule has 1 aliphatic heterocycles. The fraction of sp³-hybridized carbons (Fsp3) is 0.0952. The molecule has 0 spiro atoms. The number of benzene rings is 2. The van der Waals surface area contributed by atoms with E-state index in [-0.39, 0.29) is 28.3 Å². The van der Waals surface area contributed by atoms with Crippen LogP contribution in [0.3, 0.4) is 0 Å². The molecule has 0 aliphatic carbocycles. The zero-order valence-electron chi connectivity index (χ0n) is 15.9. The third-order valence-corrected chi connectivity index (χ3v) is 6.06. The lowest BCUT2D eigenvalue weighted by Gasteiger charge is -2.14. The second kappa shape index (κ2) is 7.60. The first-order chi connectivity index (χ1) is 14.4. The highest BCUT2D eigenvalue weighted by atomic mass is 32.2. The van der Waals surface area contributed by atoms with Crippen LogP contribution in [0.5, 0.6) is 5.75 Å². The molecule has 0 fully saturated rings. The van der Waals surface area contributed by atoms with Crippen LogP contribution < -0.4 is 9.46 Å². The Labute approximate surface area is 173 Å². The van der Waals surface area contributed by atoms with Gasteiger partial charge in [0.1, 0.15) is 5.75 Å². The van der Waals surface area contributed by atoms with E-state index in [2.05, 4.69) is 9.71 Å². The summed E-state index contributed by atoms with van der Waals surface area (Å²) in [6.45, 7) is 0.0465. The molecule has 8 nitrogen and oxygen atoms in total. The van der Waals surface area contributed by atoms with Gasteiger partial charge in [0.15, 0.2) is 0 Å². The van der Waals surface area contributed by atoms with Crippen molar-refractivity contribution in [2.24, 2.45) is 0 Å². The van der Waals surface area contributed by atoms with Gasteiger partial charge in [-0.15, -0.1) is 0 Å². The van der Waals surface area contributed by atoms with E-state index in [1.165, 1.54) is 49.6 Å². The Morgan fingerprint density at radius 3 is 2.43 bits per heavy atom. The largest absolute Gasteiger partial charge is 0.497 e. The van der Waals surface area contributed by atoms with Crippen molar-refractivity contribution in [2.45, 2.75) is 11.4 Å². The molecule has 4 rings (SSSR count). The number of carbonyl (C=O) groups is 2. The van der Waals surface area contributed by atoms with Crippen molar-refractivity contribution < 1.29 is 22.7 Å². The van der Waals surface area contributed by atoms with Crippen molar-refractivity contribution in [2.75, 3.05) is 11.8 Å². The molecule has 9 heteroatoms. The van der Waals surface area contributed by atoms with Crippen molar-refractivity contribution in [3.63, 3.8) is 0 Å². The molecular formula is C21H17N3O5S. The second-order valence-electron chi connectivity index (χ2n) is 6.57. The van der Waals surface area contributed by atoms with E-state index in [9.17, 15) is 18.0 Å². The van der Waals surface area contributed by atoms with Crippen LogP contribution in [0.15, 0.2) is 71.9 Å². The van der Waals surface area contributed by atoms with E-state index < -0.39 is 21.8 Å². The summed E-state index contributed by atoms with van der Waals surface area (Å²) in [5.41, 5.74) is 0.921. The van der Waals surface area contributed by atoms with Gasteiger partial charge in [-0.3, -0.25) is 24.2 Å². The Morgan fingerprint density at radius 1 is 1.00 bits per heavy atom. The van der Waals surface area contributed by atoms with Gasteiger partial charge >= 0.3 is 0 Å². The van der Waals surface area contributed by atoms with Gasteiger partial charge in [0.05, 0.1) is 35.4 Å². The van der Waals surface area contributed by atoms with Crippen LogP contribution >= 0.6 is 0 Å². The Bertz CT molecular complexity index is 1230. The topological polar surface area (TPSA) is 106 Å². The van der Waals surface area contributed by atoms with Crippen LogP contribution in [0, 0.1) is 0 Å². The molecule has 1 aromatic heterocycles. The van der Waals surface area contributed by atoms with Crippen LogP contribution in [0.1, 0.15) is 26.3 Å². The molecule has 0 atom stereocenters. The molecule has 0 unspecified atom stereocenters. The number of methoxy groups -OCH3 is 1. The average Bonchev–Trinajstić information content (AvgIpc) is 3.00. The summed E-state index contributed by atoms with van der Waals surface area (Å²) >= 11 is 0. The number of carbonyl (C=O) groups excluding carboxylic acids is 2. The standard InChI is InChI=1S/C21H17N3O5S/c1-29-15-7-9-16(10-8-15)30(27,28)23-18-6-2-5-17-19(18)21(26)24(20(17)25)13-14-4-3-11-22-12-14/h2-12,23H,13H2,1H3. The van der Waals surface area contributed by atoms with Crippen LogP contribution in [-0.4, -0.2) is 37.2 Å². The summed E-state index contributed by atoms with van der Waals surface area (Å²) in [6, 6.07) is 13.8. The molecule has 1 aliphatic rings. The Kier molecular flexibility index (Phi) is 4.96. The molecular weight excluding hydrogens is 406 g/mol. The fourth-order valence-electron chi connectivity index (χ4n) is 3.19. The first-order valence-electron chi connectivity index (χ1n) is 8.95. The fourth-order valence-corrected chi connectivity index (χ4v) is 4.27. The average molecular weight is 423 g/mol.